The predicted molar refractivity (Wildman–Crippen MR) is 106 cm³/mol. The van der Waals surface area contributed by atoms with Gasteiger partial charge in [0.1, 0.15) is 0 Å². The molecule has 0 aliphatic heterocycles. The van der Waals surface area contributed by atoms with Crippen molar-refractivity contribution < 1.29 is 4.42 Å². The van der Waals surface area contributed by atoms with Gasteiger partial charge in [0.15, 0.2) is 11.6 Å². The van der Waals surface area contributed by atoms with E-state index in [1.165, 1.54) is 0 Å². The molecule has 0 aliphatic rings. The SMILES string of the molecule is Cc1ccnc(-c2ccc(NCc3ncc(-c4cccc(Cl)c4)o3)cc2)n1. The molecule has 1 N–H and O–H groups in total. The lowest BCUT2D eigenvalue weighted by molar-refractivity contribution is 0.516. The van der Waals surface area contributed by atoms with Gasteiger partial charge in [-0.1, -0.05) is 23.7 Å². The molecule has 2 aromatic carbocycles. The maximum atomic E-state index is 6.03. The second-order valence-electron chi connectivity index (χ2n) is 6.08. The summed E-state index contributed by atoms with van der Waals surface area (Å²) in [5, 5.41) is 3.97. The van der Waals surface area contributed by atoms with Gasteiger partial charge >= 0.3 is 0 Å². The summed E-state index contributed by atoms with van der Waals surface area (Å²) in [6, 6.07) is 17.3. The Hall–Kier alpha value is -3.18. The van der Waals surface area contributed by atoms with Crippen molar-refractivity contribution in [3.05, 3.63) is 83.6 Å². The number of nitrogens with zero attached hydrogens (tertiary/aromatic N) is 3. The number of rotatable bonds is 5. The van der Waals surface area contributed by atoms with E-state index >= 15 is 0 Å². The number of benzene rings is 2. The van der Waals surface area contributed by atoms with Gasteiger partial charge in [0.2, 0.25) is 5.89 Å². The number of aromatic nitrogens is 3. The molecule has 0 unspecified atom stereocenters. The van der Waals surface area contributed by atoms with Crippen LogP contribution in [-0.4, -0.2) is 15.0 Å². The van der Waals surface area contributed by atoms with Crippen molar-refractivity contribution in [2.24, 2.45) is 0 Å². The second-order valence-corrected chi connectivity index (χ2v) is 6.52. The summed E-state index contributed by atoms with van der Waals surface area (Å²) in [6.45, 7) is 2.44. The minimum Gasteiger partial charge on any atom is -0.439 e. The first-order chi connectivity index (χ1) is 13.2. The van der Waals surface area contributed by atoms with Gasteiger partial charge in [-0.25, -0.2) is 15.0 Å². The first kappa shape index (κ1) is 17.2. The molecular formula is C21H17ClN4O. The summed E-state index contributed by atoms with van der Waals surface area (Å²) in [6.07, 6.45) is 3.48. The van der Waals surface area contributed by atoms with Gasteiger partial charge in [-0.2, -0.15) is 0 Å². The molecule has 0 bridgehead atoms. The lowest BCUT2D eigenvalue weighted by Gasteiger charge is -2.06. The van der Waals surface area contributed by atoms with E-state index < -0.39 is 0 Å². The van der Waals surface area contributed by atoms with Crippen LogP contribution in [0, 0.1) is 6.92 Å². The molecule has 0 fully saturated rings. The van der Waals surface area contributed by atoms with Gasteiger partial charge < -0.3 is 9.73 Å². The van der Waals surface area contributed by atoms with E-state index in [1.54, 1.807) is 12.4 Å². The van der Waals surface area contributed by atoms with Crippen LogP contribution in [0.3, 0.4) is 0 Å². The van der Waals surface area contributed by atoms with Crippen LogP contribution in [0.4, 0.5) is 5.69 Å². The Morgan fingerprint density at radius 1 is 1.00 bits per heavy atom. The molecule has 0 amide bonds. The maximum Gasteiger partial charge on any atom is 0.214 e. The molecule has 6 heteroatoms. The summed E-state index contributed by atoms with van der Waals surface area (Å²) < 4.78 is 5.80. The lowest BCUT2D eigenvalue weighted by Crippen LogP contribution is -1.99. The van der Waals surface area contributed by atoms with Crippen molar-refractivity contribution in [3.63, 3.8) is 0 Å². The molecule has 0 aliphatic carbocycles. The van der Waals surface area contributed by atoms with Gasteiger partial charge in [-0.15, -0.1) is 0 Å². The third-order valence-corrected chi connectivity index (χ3v) is 4.28. The van der Waals surface area contributed by atoms with Gasteiger partial charge in [0.25, 0.3) is 0 Å². The highest BCUT2D eigenvalue weighted by atomic mass is 35.5. The molecule has 4 rings (SSSR count). The van der Waals surface area contributed by atoms with Gasteiger partial charge in [0, 0.05) is 33.7 Å². The maximum absolute atomic E-state index is 6.03. The molecule has 0 spiro atoms. The molecule has 27 heavy (non-hydrogen) atoms. The Morgan fingerprint density at radius 2 is 1.85 bits per heavy atom. The van der Waals surface area contributed by atoms with Crippen molar-refractivity contribution in [2.45, 2.75) is 13.5 Å². The number of hydrogen-bond acceptors (Lipinski definition) is 5. The van der Waals surface area contributed by atoms with E-state index in [9.17, 15) is 0 Å². The molecular weight excluding hydrogens is 360 g/mol. The van der Waals surface area contributed by atoms with Crippen molar-refractivity contribution in [3.8, 4) is 22.7 Å². The summed E-state index contributed by atoms with van der Waals surface area (Å²) in [7, 11) is 0. The van der Waals surface area contributed by atoms with Crippen LogP contribution < -0.4 is 5.32 Å². The second kappa shape index (κ2) is 7.60. The van der Waals surface area contributed by atoms with Crippen LogP contribution in [0.25, 0.3) is 22.7 Å². The zero-order valence-corrected chi connectivity index (χ0v) is 15.4. The first-order valence-electron chi connectivity index (χ1n) is 8.52. The average molecular weight is 377 g/mol. The fraction of sp³-hybridized carbons (Fsp3) is 0.0952. The van der Waals surface area contributed by atoms with E-state index in [4.69, 9.17) is 16.0 Å². The minimum absolute atomic E-state index is 0.487. The average Bonchev–Trinajstić information content (AvgIpc) is 3.16. The molecule has 0 radical (unpaired) electrons. The van der Waals surface area contributed by atoms with Gasteiger partial charge in [-0.3, -0.25) is 0 Å². The highest BCUT2D eigenvalue weighted by Crippen LogP contribution is 2.24. The Morgan fingerprint density at radius 3 is 2.63 bits per heavy atom. The predicted octanol–water partition coefficient (Wildman–Crippen LogP) is 5.37. The number of aryl methyl sites for hydroxylation is 1. The van der Waals surface area contributed by atoms with Crippen molar-refractivity contribution >= 4 is 17.3 Å². The third kappa shape index (κ3) is 4.15. The number of anilines is 1. The number of halogens is 1. The summed E-state index contributed by atoms with van der Waals surface area (Å²) in [4.78, 5) is 13.1. The zero-order chi connectivity index (χ0) is 18.6. The Labute approximate surface area is 162 Å². The summed E-state index contributed by atoms with van der Waals surface area (Å²) >= 11 is 6.03. The topological polar surface area (TPSA) is 63.8 Å². The lowest BCUT2D eigenvalue weighted by atomic mass is 10.2. The van der Waals surface area contributed by atoms with E-state index in [-0.39, 0.29) is 0 Å². The first-order valence-corrected chi connectivity index (χ1v) is 8.90. The standard InChI is InChI=1S/C21H17ClN4O/c1-14-9-10-23-21(26-14)15-5-7-18(8-6-15)24-13-20-25-12-19(27-20)16-3-2-4-17(22)11-16/h2-12,24H,13H2,1H3. The van der Waals surface area contributed by atoms with Crippen LogP contribution in [0.5, 0.6) is 0 Å². The van der Waals surface area contributed by atoms with Gasteiger partial charge in [-0.05, 0) is 49.4 Å². The number of nitrogens with one attached hydrogen (secondary N) is 1. The highest BCUT2D eigenvalue weighted by Gasteiger charge is 2.07. The third-order valence-electron chi connectivity index (χ3n) is 4.04. The zero-order valence-electron chi connectivity index (χ0n) is 14.7. The molecule has 0 saturated carbocycles. The smallest absolute Gasteiger partial charge is 0.214 e. The van der Waals surface area contributed by atoms with Gasteiger partial charge in [0.05, 0.1) is 12.7 Å². The molecule has 134 valence electrons. The van der Waals surface area contributed by atoms with Crippen molar-refractivity contribution in [2.75, 3.05) is 5.32 Å². The monoisotopic (exact) mass is 376 g/mol. The van der Waals surface area contributed by atoms with E-state index in [0.29, 0.717) is 23.2 Å². The number of oxazole rings is 1. The molecule has 2 aromatic heterocycles. The Bertz CT molecular complexity index is 1060. The molecule has 0 atom stereocenters. The van der Waals surface area contributed by atoms with Crippen LogP contribution in [0.15, 0.2) is 71.4 Å². The Kier molecular flexibility index (Phi) is 4.85. The van der Waals surface area contributed by atoms with E-state index in [2.05, 4.69) is 20.3 Å². The van der Waals surface area contributed by atoms with E-state index in [0.717, 1.165) is 28.3 Å². The normalized spacial score (nSPS) is 10.7. The molecule has 0 saturated heterocycles. The van der Waals surface area contributed by atoms with Crippen molar-refractivity contribution in [1.29, 1.82) is 0 Å². The fourth-order valence-corrected chi connectivity index (χ4v) is 2.86. The quantitative estimate of drug-likeness (QED) is 0.507. The van der Waals surface area contributed by atoms with Crippen molar-refractivity contribution in [1.82, 2.24) is 15.0 Å². The van der Waals surface area contributed by atoms with Crippen LogP contribution in [-0.2, 0) is 6.54 Å². The fourth-order valence-electron chi connectivity index (χ4n) is 2.67. The van der Waals surface area contributed by atoms with Crippen LogP contribution in [0.1, 0.15) is 11.6 Å². The molecule has 5 nitrogen and oxygen atoms in total. The van der Waals surface area contributed by atoms with Crippen LogP contribution >= 0.6 is 11.6 Å². The number of hydrogen-bond donors (Lipinski definition) is 1. The summed E-state index contributed by atoms with van der Waals surface area (Å²) in [5.41, 5.74) is 3.79. The summed E-state index contributed by atoms with van der Waals surface area (Å²) in [5.74, 6) is 2.03. The Balaban J connectivity index is 1.42. The highest BCUT2D eigenvalue weighted by molar-refractivity contribution is 6.30. The largest absolute Gasteiger partial charge is 0.439 e. The molecule has 4 aromatic rings. The molecule has 2 heterocycles. The van der Waals surface area contributed by atoms with E-state index in [1.807, 2.05) is 61.5 Å². The van der Waals surface area contributed by atoms with Crippen LogP contribution in [0.2, 0.25) is 5.02 Å². The minimum atomic E-state index is 0.487.